The van der Waals surface area contributed by atoms with Crippen molar-refractivity contribution in [2.24, 2.45) is 0 Å². The van der Waals surface area contributed by atoms with Crippen LogP contribution in [-0.4, -0.2) is 30.7 Å². The zero-order valence-corrected chi connectivity index (χ0v) is 11.7. The van der Waals surface area contributed by atoms with Crippen LogP contribution in [0.4, 0.5) is 0 Å². The molecule has 1 aromatic rings. The molecule has 1 aromatic heterocycles. The maximum atomic E-state index is 12.0. The number of aromatic amines is 1. The molecule has 3 N–H and O–H groups in total. The van der Waals surface area contributed by atoms with Crippen LogP contribution < -0.4 is 10.3 Å². The Morgan fingerprint density at radius 3 is 2.63 bits per heavy atom. The molecule has 1 aliphatic carbocycles. The number of nitrogens with one attached hydrogen (secondary N) is 2. The third-order valence-electron chi connectivity index (χ3n) is 3.27. The Kier molecular flexibility index (Phi) is 4.00. The van der Waals surface area contributed by atoms with E-state index in [9.17, 15) is 18.3 Å². The molecule has 2 rings (SSSR count). The minimum Gasteiger partial charge on any atom is -0.389 e. The SMILES string of the molecule is O=c1[nH]cc(S(=O)(=O)NCC2(O)CCCC2)cc1Cl. The molecule has 1 heterocycles. The first-order valence-corrected chi connectivity index (χ1v) is 7.79. The highest BCUT2D eigenvalue weighted by Crippen LogP contribution is 2.29. The molecule has 1 saturated carbocycles. The average Bonchev–Trinajstić information content (AvgIpc) is 2.78. The molecule has 6 nitrogen and oxygen atoms in total. The average molecular weight is 307 g/mol. The highest BCUT2D eigenvalue weighted by molar-refractivity contribution is 7.89. The number of halogens is 1. The lowest BCUT2D eigenvalue weighted by molar-refractivity contribution is 0.0532. The molecule has 106 valence electrons. The van der Waals surface area contributed by atoms with Gasteiger partial charge in [-0.1, -0.05) is 24.4 Å². The van der Waals surface area contributed by atoms with Crippen molar-refractivity contribution < 1.29 is 13.5 Å². The van der Waals surface area contributed by atoms with Gasteiger partial charge in [0.05, 0.1) is 10.5 Å². The molecule has 0 amide bonds. The lowest BCUT2D eigenvalue weighted by atomic mass is 10.0. The molecule has 0 unspecified atom stereocenters. The first-order valence-electron chi connectivity index (χ1n) is 5.93. The van der Waals surface area contributed by atoms with Crippen molar-refractivity contribution in [1.29, 1.82) is 0 Å². The number of aliphatic hydroxyl groups is 1. The molecule has 1 fully saturated rings. The molecule has 0 aliphatic heterocycles. The lowest BCUT2D eigenvalue weighted by Gasteiger charge is -2.22. The van der Waals surface area contributed by atoms with E-state index in [-0.39, 0.29) is 16.5 Å². The number of aromatic nitrogens is 1. The predicted octanol–water partition coefficient (Wildman–Crippen LogP) is 0.612. The highest BCUT2D eigenvalue weighted by atomic mass is 35.5. The van der Waals surface area contributed by atoms with Crippen molar-refractivity contribution >= 4 is 21.6 Å². The first-order chi connectivity index (χ1) is 8.82. The Hall–Kier alpha value is -0.890. The second-order valence-electron chi connectivity index (χ2n) is 4.77. The fourth-order valence-corrected chi connectivity index (χ4v) is 3.46. The highest BCUT2D eigenvalue weighted by Gasteiger charge is 2.32. The van der Waals surface area contributed by atoms with Crippen LogP contribution in [0, 0.1) is 0 Å². The summed E-state index contributed by atoms with van der Waals surface area (Å²) in [6, 6.07) is 1.08. The van der Waals surface area contributed by atoms with E-state index in [4.69, 9.17) is 11.6 Å². The predicted molar refractivity (Wildman–Crippen MR) is 70.7 cm³/mol. The molecule has 0 aromatic carbocycles. The van der Waals surface area contributed by atoms with Crippen LogP contribution in [0.25, 0.3) is 0 Å². The summed E-state index contributed by atoms with van der Waals surface area (Å²) in [5.74, 6) is 0. The third kappa shape index (κ3) is 3.36. The molecule has 0 saturated heterocycles. The Bertz CT molecular complexity index is 620. The van der Waals surface area contributed by atoms with Crippen molar-refractivity contribution in [2.45, 2.75) is 36.2 Å². The minimum absolute atomic E-state index is 0.0356. The van der Waals surface area contributed by atoms with Gasteiger partial charge in [0.2, 0.25) is 10.0 Å². The van der Waals surface area contributed by atoms with Crippen molar-refractivity contribution in [3.8, 4) is 0 Å². The number of hydrogen-bond acceptors (Lipinski definition) is 4. The molecule has 0 spiro atoms. The Morgan fingerprint density at radius 2 is 2.05 bits per heavy atom. The molecule has 1 aliphatic rings. The number of H-pyrrole nitrogens is 1. The largest absolute Gasteiger partial charge is 0.389 e. The number of hydrogen-bond donors (Lipinski definition) is 3. The summed E-state index contributed by atoms with van der Waals surface area (Å²) in [7, 11) is -3.79. The standard InChI is InChI=1S/C11H15ClN2O4S/c12-9-5-8(6-13-10(9)15)19(17,18)14-7-11(16)3-1-2-4-11/h5-6,14,16H,1-4,7H2,(H,13,15). The molecule has 19 heavy (non-hydrogen) atoms. The fraction of sp³-hybridized carbons (Fsp3) is 0.545. The summed E-state index contributed by atoms with van der Waals surface area (Å²) in [4.78, 5) is 13.2. The van der Waals surface area contributed by atoms with Gasteiger partial charge in [0, 0.05) is 12.7 Å². The van der Waals surface area contributed by atoms with Gasteiger partial charge < -0.3 is 10.1 Å². The Labute approximate surface area is 115 Å². The molecule has 0 radical (unpaired) electrons. The summed E-state index contributed by atoms with van der Waals surface area (Å²) in [5.41, 5.74) is -1.52. The van der Waals surface area contributed by atoms with E-state index in [1.165, 1.54) is 0 Å². The van der Waals surface area contributed by atoms with Crippen LogP contribution in [0.15, 0.2) is 22.0 Å². The first kappa shape index (κ1) is 14.5. The van der Waals surface area contributed by atoms with Gasteiger partial charge in [0.15, 0.2) is 0 Å². The molecule has 8 heteroatoms. The summed E-state index contributed by atoms with van der Waals surface area (Å²) >= 11 is 5.59. The van der Waals surface area contributed by atoms with Crippen LogP contribution in [0.3, 0.4) is 0 Å². The van der Waals surface area contributed by atoms with Crippen LogP contribution in [-0.2, 0) is 10.0 Å². The quantitative estimate of drug-likeness (QED) is 0.759. The topological polar surface area (TPSA) is 99.3 Å². The Morgan fingerprint density at radius 1 is 1.42 bits per heavy atom. The van der Waals surface area contributed by atoms with Gasteiger partial charge in [0.25, 0.3) is 5.56 Å². The van der Waals surface area contributed by atoms with Gasteiger partial charge in [0.1, 0.15) is 5.02 Å². The maximum Gasteiger partial charge on any atom is 0.266 e. The van der Waals surface area contributed by atoms with E-state index in [1.54, 1.807) is 0 Å². The number of sulfonamides is 1. The van der Waals surface area contributed by atoms with E-state index in [2.05, 4.69) is 9.71 Å². The van der Waals surface area contributed by atoms with Crippen molar-refractivity contribution in [1.82, 2.24) is 9.71 Å². The van der Waals surface area contributed by atoms with E-state index >= 15 is 0 Å². The van der Waals surface area contributed by atoms with Crippen LogP contribution in [0.5, 0.6) is 0 Å². The van der Waals surface area contributed by atoms with E-state index in [0.717, 1.165) is 25.1 Å². The number of rotatable bonds is 4. The maximum absolute atomic E-state index is 12.0. The van der Waals surface area contributed by atoms with Gasteiger partial charge in [-0.05, 0) is 18.9 Å². The van der Waals surface area contributed by atoms with Gasteiger partial charge in [-0.2, -0.15) is 0 Å². The van der Waals surface area contributed by atoms with Gasteiger partial charge >= 0.3 is 0 Å². The molecular weight excluding hydrogens is 292 g/mol. The van der Waals surface area contributed by atoms with Crippen LogP contribution in [0.2, 0.25) is 5.02 Å². The zero-order chi connectivity index (χ0) is 14.1. The van der Waals surface area contributed by atoms with Crippen molar-refractivity contribution in [3.05, 3.63) is 27.6 Å². The second-order valence-corrected chi connectivity index (χ2v) is 6.94. The van der Waals surface area contributed by atoms with Gasteiger partial charge in [-0.25, -0.2) is 13.1 Å². The fourth-order valence-electron chi connectivity index (χ4n) is 2.12. The van der Waals surface area contributed by atoms with E-state index in [1.807, 2.05) is 0 Å². The Balaban J connectivity index is 2.13. The van der Waals surface area contributed by atoms with Gasteiger partial charge in [-0.15, -0.1) is 0 Å². The smallest absolute Gasteiger partial charge is 0.266 e. The van der Waals surface area contributed by atoms with Crippen molar-refractivity contribution in [3.63, 3.8) is 0 Å². The van der Waals surface area contributed by atoms with E-state index in [0.29, 0.717) is 12.8 Å². The second kappa shape index (κ2) is 5.24. The summed E-state index contributed by atoms with van der Waals surface area (Å²) in [6.45, 7) is -0.0356. The lowest BCUT2D eigenvalue weighted by Crippen LogP contribution is -2.40. The normalized spacial score (nSPS) is 18.6. The van der Waals surface area contributed by atoms with Crippen molar-refractivity contribution in [2.75, 3.05) is 6.54 Å². The summed E-state index contributed by atoms with van der Waals surface area (Å²) in [6.07, 6.45) is 4.03. The third-order valence-corrected chi connectivity index (χ3v) is 4.93. The summed E-state index contributed by atoms with van der Waals surface area (Å²) in [5, 5.41) is 9.90. The monoisotopic (exact) mass is 306 g/mol. The number of pyridine rings is 1. The zero-order valence-electron chi connectivity index (χ0n) is 10.1. The molecule has 0 atom stereocenters. The minimum atomic E-state index is -3.79. The van der Waals surface area contributed by atoms with Gasteiger partial charge in [-0.3, -0.25) is 4.79 Å². The molecule has 0 bridgehead atoms. The van der Waals surface area contributed by atoms with Crippen LogP contribution in [0.1, 0.15) is 25.7 Å². The molecular formula is C11H15ClN2O4S. The van der Waals surface area contributed by atoms with E-state index < -0.39 is 21.2 Å². The van der Waals surface area contributed by atoms with Crippen LogP contribution >= 0.6 is 11.6 Å². The summed E-state index contributed by atoms with van der Waals surface area (Å²) < 4.78 is 26.3.